The van der Waals surface area contributed by atoms with Gasteiger partial charge in [-0.3, -0.25) is 0 Å². The van der Waals surface area contributed by atoms with Crippen LogP contribution >= 0.6 is 0 Å². The zero-order valence-corrected chi connectivity index (χ0v) is 35.8. The minimum atomic E-state index is 0.479. The third kappa shape index (κ3) is 6.67. The Morgan fingerprint density at radius 2 is 0.688 bits per heavy atom. The van der Waals surface area contributed by atoms with E-state index >= 15 is 0 Å². The Morgan fingerprint density at radius 1 is 0.359 bits per heavy atom. The molecule has 12 rings (SSSR count). The minimum absolute atomic E-state index is 0.479. The van der Waals surface area contributed by atoms with E-state index in [-0.39, 0.29) is 0 Å². The quantitative estimate of drug-likeness (QED) is 0.145. The van der Waals surface area contributed by atoms with E-state index in [2.05, 4.69) is 247 Å². The van der Waals surface area contributed by atoms with Gasteiger partial charge in [0.25, 0.3) is 0 Å². The summed E-state index contributed by atoms with van der Waals surface area (Å²) in [5.41, 5.74) is 21.3. The standard InChI is InChI=1S/C62H46N2/c1-42-9-8-13-58-57-12-4-7-16-61(57)64(62(42)58)54-39-35-52(36-40-54)50-31-27-48(28-32-50)46-23-19-44(20-24-46)41-43-17-21-45(22-18-43)47-25-29-49(30-26-47)51-33-37-53(38-34-51)63-59-14-5-2-10-55(59)56-11-3-6-15-60(56)63/h2-8,10-40,42H,9,41H2,1H3. The van der Waals surface area contributed by atoms with Gasteiger partial charge in [-0.05, 0) is 111 Å². The molecule has 1 atom stereocenters. The summed E-state index contributed by atoms with van der Waals surface area (Å²) in [4.78, 5) is 0. The SMILES string of the molecule is CC1CC=Cc2c1n(-c1ccc(-c3ccc(-c4ccc(Cc5ccc(-c6ccc(-c7ccc(-n8c9ccccc9c9ccccc98)cc7)cc6)cc5)cc4)cc3)cc1)c1ccccc21. The number of benzene rings is 9. The second kappa shape index (κ2) is 15.8. The van der Waals surface area contributed by atoms with E-state index in [4.69, 9.17) is 0 Å². The van der Waals surface area contributed by atoms with Crippen LogP contribution in [-0.2, 0) is 6.42 Å². The van der Waals surface area contributed by atoms with Crippen molar-refractivity contribution in [2.24, 2.45) is 0 Å². The molecular weight excluding hydrogens is 773 g/mol. The van der Waals surface area contributed by atoms with Gasteiger partial charge in [0.2, 0.25) is 0 Å². The van der Waals surface area contributed by atoms with Gasteiger partial charge in [-0.1, -0.05) is 195 Å². The second-order valence-electron chi connectivity index (χ2n) is 17.4. The first kappa shape index (κ1) is 37.8. The Bertz CT molecular complexity index is 3440. The van der Waals surface area contributed by atoms with Gasteiger partial charge >= 0.3 is 0 Å². The number of hydrogen-bond donors (Lipinski definition) is 0. The lowest BCUT2D eigenvalue weighted by Gasteiger charge is -2.19. The molecule has 0 saturated carbocycles. The maximum atomic E-state index is 2.47. The van der Waals surface area contributed by atoms with Gasteiger partial charge in [-0.25, -0.2) is 0 Å². The first-order chi connectivity index (χ1) is 31.6. The van der Waals surface area contributed by atoms with E-state index in [9.17, 15) is 0 Å². The van der Waals surface area contributed by atoms with Crippen LogP contribution in [0.3, 0.4) is 0 Å². The van der Waals surface area contributed by atoms with Crippen molar-refractivity contribution >= 4 is 38.8 Å². The Kier molecular flexibility index (Phi) is 9.30. The highest BCUT2D eigenvalue weighted by Crippen LogP contribution is 2.40. The average Bonchev–Trinajstić information content (AvgIpc) is 3.89. The summed E-state index contributed by atoms with van der Waals surface area (Å²) in [6.45, 7) is 2.34. The number of aromatic nitrogens is 2. The van der Waals surface area contributed by atoms with Crippen LogP contribution in [0.15, 0.2) is 224 Å². The molecule has 304 valence electrons. The largest absolute Gasteiger partial charge is 0.313 e. The molecule has 0 radical (unpaired) electrons. The molecule has 0 spiro atoms. The molecule has 64 heavy (non-hydrogen) atoms. The highest BCUT2D eigenvalue weighted by molar-refractivity contribution is 6.09. The molecule has 2 aromatic heterocycles. The molecule has 1 aliphatic rings. The first-order valence-corrected chi connectivity index (χ1v) is 22.5. The molecule has 0 aliphatic heterocycles. The third-order valence-corrected chi connectivity index (χ3v) is 13.4. The van der Waals surface area contributed by atoms with E-state index in [1.54, 1.807) is 0 Å². The topological polar surface area (TPSA) is 9.86 Å². The predicted octanol–water partition coefficient (Wildman–Crippen LogP) is 16.5. The summed E-state index contributed by atoms with van der Waals surface area (Å²) in [5, 5.41) is 3.89. The first-order valence-electron chi connectivity index (χ1n) is 22.5. The Morgan fingerprint density at radius 3 is 1.11 bits per heavy atom. The molecule has 9 aromatic carbocycles. The van der Waals surface area contributed by atoms with Crippen molar-refractivity contribution in [3.05, 3.63) is 247 Å². The predicted molar refractivity (Wildman–Crippen MR) is 271 cm³/mol. The molecule has 0 saturated heterocycles. The van der Waals surface area contributed by atoms with Crippen molar-refractivity contribution in [1.29, 1.82) is 0 Å². The minimum Gasteiger partial charge on any atom is -0.313 e. The van der Waals surface area contributed by atoms with Crippen molar-refractivity contribution < 1.29 is 0 Å². The lowest BCUT2D eigenvalue weighted by Crippen LogP contribution is -2.06. The lowest BCUT2D eigenvalue weighted by molar-refractivity contribution is 0.723. The molecule has 0 amide bonds. The number of hydrogen-bond acceptors (Lipinski definition) is 0. The summed E-state index contributed by atoms with van der Waals surface area (Å²) in [6, 6.07) is 80.2. The molecule has 2 nitrogen and oxygen atoms in total. The molecule has 2 heterocycles. The van der Waals surface area contributed by atoms with E-state index in [0.717, 1.165) is 12.8 Å². The van der Waals surface area contributed by atoms with Crippen molar-refractivity contribution in [3.63, 3.8) is 0 Å². The van der Waals surface area contributed by atoms with Crippen LogP contribution in [-0.4, -0.2) is 9.13 Å². The van der Waals surface area contributed by atoms with Crippen LogP contribution in [0.2, 0.25) is 0 Å². The molecular formula is C62H46N2. The van der Waals surface area contributed by atoms with Gasteiger partial charge in [0.05, 0.1) is 16.6 Å². The fraction of sp³-hybridized carbons (Fsp3) is 0.0645. The van der Waals surface area contributed by atoms with E-state index in [1.165, 1.54) is 111 Å². The Hall–Kier alpha value is -7.94. The molecule has 2 heteroatoms. The van der Waals surface area contributed by atoms with Gasteiger partial charge in [0, 0.05) is 44.7 Å². The van der Waals surface area contributed by atoms with Crippen LogP contribution in [0.25, 0.3) is 94.7 Å². The van der Waals surface area contributed by atoms with Gasteiger partial charge in [-0.2, -0.15) is 0 Å². The summed E-state index contributed by atoms with van der Waals surface area (Å²) >= 11 is 0. The van der Waals surface area contributed by atoms with Crippen molar-refractivity contribution in [2.45, 2.75) is 25.7 Å². The molecule has 0 N–H and O–H groups in total. The average molecular weight is 819 g/mol. The Labute approximate surface area is 374 Å². The van der Waals surface area contributed by atoms with Gasteiger partial charge < -0.3 is 9.13 Å². The van der Waals surface area contributed by atoms with Crippen molar-refractivity contribution in [2.75, 3.05) is 0 Å². The lowest BCUT2D eigenvalue weighted by atomic mass is 9.93. The van der Waals surface area contributed by atoms with Crippen LogP contribution < -0.4 is 0 Å². The molecule has 1 unspecified atom stereocenters. The fourth-order valence-corrected chi connectivity index (χ4v) is 10.1. The van der Waals surface area contributed by atoms with Crippen molar-refractivity contribution in [1.82, 2.24) is 9.13 Å². The molecule has 0 bridgehead atoms. The highest BCUT2D eigenvalue weighted by atomic mass is 15.0. The van der Waals surface area contributed by atoms with Crippen LogP contribution in [0.1, 0.15) is 41.6 Å². The summed E-state index contributed by atoms with van der Waals surface area (Å²) < 4.78 is 4.84. The second-order valence-corrected chi connectivity index (χ2v) is 17.4. The number of rotatable bonds is 8. The van der Waals surface area contributed by atoms with Crippen LogP contribution in [0.5, 0.6) is 0 Å². The molecule has 1 aliphatic carbocycles. The van der Waals surface area contributed by atoms with Gasteiger partial charge in [0.1, 0.15) is 0 Å². The summed E-state index contributed by atoms with van der Waals surface area (Å²) in [5.74, 6) is 0.479. The maximum Gasteiger partial charge on any atom is 0.0541 e. The summed E-state index contributed by atoms with van der Waals surface area (Å²) in [7, 11) is 0. The highest BCUT2D eigenvalue weighted by Gasteiger charge is 2.23. The van der Waals surface area contributed by atoms with Gasteiger partial charge in [-0.15, -0.1) is 0 Å². The van der Waals surface area contributed by atoms with Crippen molar-refractivity contribution in [3.8, 4) is 55.9 Å². The monoisotopic (exact) mass is 818 g/mol. The Balaban J connectivity index is 0.696. The molecule has 0 fully saturated rings. The zero-order chi connectivity index (χ0) is 42.6. The molecule has 11 aromatic rings. The maximum absolute atomic E-state index is 2.47. The third-order valence-electron chi connectivity index (χ3n) is 13.4. The van der Waals surface area contributed by atoms with E-state index in [1.807, 2.05) is 0 Å². The number of nitrogens with zero attached hydrogens (tertiary/aromatic N) is 2. The fourth-order valence-electron chi connectivity index (χ4n) is 10.1. The summed E-state index contributed by atoms with van der Waals surface area (Å²) in [6.07, 6.45) is 6.60. The number of allylic oxidation sites excluding steroid dienone is 1. The normalized spacial score (nSPS) is 13.5. The smallest absolute Gasteiger partial charge is 0.0541 e. The van der Waals surface area contributed by atoms with Gasteiger partial charge in [0.15, 0.2) is 0 Å². The van der Waals surface area contributed by atoms with E-state index in [0.29, 0.717) is 5.92 Å². The van der Waals surface area contributed by atoms with Crippen LogP contribution in [0.4, 0.5) is 0 Å². The number of fused-ring (bicyclic) bond motifs is 6. The van der Waals surface area contributed by atoms with E-state index < -0.39 is 0 Å². The number of para-hydroxylation sites is 3. The zero-order valence-electron chi connectivity index (χ0n) is 35.8. The van der Waals surface area contributed by atoms with Crippen LogP contribution in [0, 0.1) is 0 Å².